The SMILES string of the molecule is CCCCC(=NC1(C)CCCC1)N(C=O)Cc1ccc(-c2cc(-c3cccc(F)c3F)ccc2/C(N)=N/NN)cc1. The number of nitrogens with zero attached hydrogens (tertiary/aromatic N) is 3. The highest BCUT2D eigenvalue weighted by atomic mass is 19.2. The number of carbonyl (C=O) groups is 1. The minimum Gasteiger partial charge on any atom is -0.382 e. The molecule has 0 spiro atoms. The van der Waals surface area contributed by atoms with Gasteiger partial charge in [-0.2, -0.15) is 0 Å². The maximum absolute atomic E-state index is 14.6. The highest BCUT2D eigenvalue weighted by Crippen LogP contribution is 2.34. The van der Waals surface area contributed by atoms with Crippen molar-refractivity contribution < 1.29 is 13.6 Å². The van der Waals surface area contributed by atoms with Crippen molar-refractivity contribution in [2.45, 2.75) is 70.9 Å². The fourth-order valence-corrected chi connectivity index (χ4v) is 5.36. The Morgan fingerprint density at radius 2 is 1.76 bits per heavy atom. The largest absolute Gasteiger partial charge is 0.382 e. The Morgan fingerprint density at radius 3 is 2.41 bits per heavy atom. The summed E-state index contributed by atoms with van der Waals surface area (Å²) >= 11 is 0. The maximum Gasteiger partial charge on any atom is 0.215 e. The van der Waals surface area contributed by atoms with E-state index in [4.69, 9.17) is 16.6 Å². The molecule has 3 aromatic carbocycles. The molecular formula is C32H38F2N6O. The summed E-state index contributed by atoms with van der Waals surface area (Å²) in [7, 11) is 0. The molecule has 5 N–H and O–H groups in total. The topological polar surface area (TPSA) is 109 Å². The van der Waals surface area contributed by atoms with Gasteiger partial charge in [0, 0.05) is 17.5 Å². The van der Waals surface area contributed by atoms with E-state index in [0.717, 1.165) is 74.4 Å². The Hall–Kier alpha value is -4.11. The summed E-state index contributed by atoms with van der Waals surface area (Å²) in [5.41, 5.74) is 11.8. The van der Waals surface area contributed by atoms with Gasteiger partial charge in [-0.15, -0.1) is 5.10 Å². The first kappa shape index (κ1) is 29.9. The second kappa shape index (κ2) is 13.5. The molecule has 1 saturated carbocycles. The number of hydrogen-bond acceptors (Lipinski definition) is 5. The molecule has 1 amide bonds. The predicted octanol–water partition coefficient (Wildman–Crippen LogP) is 6.26. The van der Waals surface area contributed by atoms with Crippen molar-refractivity contribution in [2.24, 2.45) is 21.7 Å². The third-order valence-corrected chi connectivity index (χ3v) is 7.65. The average Bonchev–Trinajstić information content (AvgIpc) is 3.41. The number of hydrazone groups is 1. The molecule has 1 aliphatic rings. The van der Waals surface area contributed by atoms with E-state index in [1.165, 1.54) is 12.1 Å². The monoisotopic (exact) mass is 560 g/mol. The van der Waals surface area contributed by atoms with Crippen LogP contribution in [0.4, 0.5) is 8.78 Å². The molecule has 9 heteroatoms. The minimum atomic E-state index is -0.923. The van der Waals surface area contributed by atoms with Gasteiger partial charge in [0.05, 0.1) is 12.1 Å². The van der Waals surface area contributed by atoms with Gasteiger partial charge in [-0.1, -0.05) is 68.7 Å². The fourth-order valence-electron chi connectivity index (χ4n) is 5.36. The van der Waals surface area contributed by atoms with Crippen LogP contribution in [-0.4, -0.2) is 28.5 Å². The molecule has 1 aliphatic carbocycles. The van der Waals surface area contributed by atoms with Gasteiger partial charge in [-0.25, -0.2) is 20.2 Å². The lowest BCUT2D eigenvalue weighted by molar-refractivity contribution is -0.115. The van der Waals surface area contributed by atoms with Crippen LogP contribution in [0.25, 0.3) is 22.3 Å². The molecule has 216 valence electrons. The van der Waals surface area contributed by atoms with Crippen molar-refractivity contribution in [2.75, 3.05) is 0 Å². The number of rotatable bonds is 11. The Balaban J connectivity index is 1.67. The molecule has 0 radical (unpaired) electrons. The van der Waals surface area contributed by atoms with Crippen LogP contribution in [0.5, 0.6) is 0 Å². The molecule has 0 aliphatic heterocycles. The maximum atomic E-state index is 14.6. The van der Waals surface area contributed by atoms with Crippen LogP contribution in [-0.2, 0) is 11.3 Å². The van der Waals surface area contributed by atoms with Gasteiger partial charge < -0.3 is 5.73 Å². The number of hydrazine groups is 1. The van der Waals surface area contributed by atoms with E-state index in [1.807, 2.05) is 24.3 Å². The molecular weight excluding hydrogens is 522 g/mol. The van der Waals surface area contributed by atoms with Crippen LogP contribution in [0.3, 0.4) is 0 Å². The molecule has 0 atom stereocenters. The van der Waals surface area contributed by atoms with Crippen molar-refractivity contribution >= 4 is 18.1 Å². The first-order valence-electron chi connectivity index (χ1n) is 14.1. The molecule has 0 unspecified atom stereocenters. The number of aliphatic imine (C=N–C) groups is 1. The van der Waals surface area contributed by atoms with Gasteiger partial charge in [0.15, 0.2) is 17.5 Å². The van der Waals surface area contributed by atoms with Crippen molar-refractivity contribution in [3.05, 3.63) is 83.4 Å². The summed E-state index contributed by atoms with van der Waals surface area (Å²) in [5, 5.41) is 3.90. The molecule has 0 saturated heterocycles. The molecule has 1 fully saturated rings. The number of nitrogens with two attached hydrogens (primary N) is 2. The molecule has 3 aromatic rings. The van der Waals surface area contributed by atoms with Crippen molar-refractivity contribution in [1.29, 1.82) is 0 Å². The standard InChI is InChI=1S/C32H38F2N6O/c1-3-4-10-29(37-32(2)17-5-6-18-32)40(21-41)20-22-11-13-23(14-12-22)27-19-24(15-16-26(27)31(35)38-39-36)25-8-7-9-28(33)30(25)34/h7-9,11-16,19,21,39H,3-6,10,17-18,20,36H2,1-2H3,(H2,35,38). The number of amides is 1. The molecule has 7 nitrogen and oxygen atoms in total. The van der Waals surface area contributed by atoms with Crippen molar-refractivity contribution in [1.82, 2.24) is 10.4 Å². The van der Waals surface area contributed by atoms with Gasteiger partial charge in [0.25, 0.3) is 0 Å². The lowest BCUT2D eigenvalue weighted by Crippen LogP contribution is -2.32. The summed E-state index contributed by atoms with van der Waals surface area (Å²) in [4.78, 5) is 19.0. The lowest BCUT2D eigenvalue weighted by Gasteiger charge is -2.26. The van der Waals surface area contributed by atoms with E-state index >= 15 is 0 Å². The van der Waals surface area contributed by atoms with Gasteiger partial charge in [-0.3, -0.25) is 14.7 Å². The van der Waals surface area contributed by atoms with E-state index in [0.29, 0.717) is 23.2 Å². The smallest absolute Gasteiger partial charge is 0.215 e. The van der Waals surface area contributed by atoms with Crippen molar-refractivity contribution in [3.8, 4) is 22.3 Å². The minimum absolute atomic E-state index is 0.114. The number of benzene rings is 3. The van der Waals surface area contributed by atoms with Crippen molar-refractivity contribution in [3.63, 3.8) is 0 Å². The molecule has 4 rings (SSSR count). The number of halogens is 2. The Kier molecular flexibility index (Phi) is 9.83. The van der Waals surface area contributed by atoms with Crippen LogP contribution in [0.2, 0.25) is 0 Å². The summed E-state index contributed by atoms with van der Waals surface area (Å²) < 4.78 is 28.6. The van der Waals surface area contributed by atoms with Crippen LogP contribution >= 0.6 is 0 Å². The number of nitrogens with one attached hydrogen (secondary N) is 1. The quantitative estimate of drug-likeness (QED) is 0.0845. The fraction of sp³-hybridized carbons (Fsp3) is 0.344. The number of hydrogen-bond donors (Lipinski definition) is 3. The van der Waals surface area contributed by atoms with E-state index in [2.05, 4.69) is 24.5 Å². The van der Waals surface area contributed by atoms with Crippen LogP contribution in [0.15, 0.2) is 70.8 Å². The second-order valence-electron chi connectivity index (χ2n) is 10.8. The number of amidine groups is 2. The summed E-state index contributed by atoms with van der Waals surface area (Å²) in [6, 6.07) is 16.9. The van der Waals surface area contributed by atoms with Crippen LogP contribution in [0, 0.1) is 11.6 Å². The van der Waals surface area contributed by atoms with Gasteiger partial charge >= 0.3 is 0 Å². The van der Waals surface area contributed by atoms with Crippen LogP contribution < -0.4 is 17.1 Å². The highest BCUT2D eigenvalue weighted by molar-refractivity contribution is 6.04. The first-order valence-corrected chi connectivity index (χ1v) is 14.1. The molecule has 0 heterocycles. The van der Waals surface area contributed by atoms with E-state index < -0.39 is 11.6 Å². The zero-order chi connectivity index (χ0) is 29.4. The van der Waals surface area contributed by atoms with Gasteiger partial charge in [-0.05, 0) is 66.6 Å². The Morgan fingerprint density at radius 1 is 1.05 bits per heavy atom. The van der Waals surface area contributed by atoms with E-state index in [-0.39, 0.29) is 16.9 Å². The molecule has 0 aromatic heterocycles. The Bertz CT molecular complexity index is 1410. The molecule has 41 heavy (non-hydrogen) atoms. The first-order chi connectivity index (χ1) is 19.8. The van der Waals surface area contributed by atoms with E-state index in [1.54, 1.807) is 23.1 Å². The van der Waals surface area contributed by atoms with E-state index in [9.17, 15) is 13.6 Å². The number of unbranched alkanes of at least 4 members (excludes halogenated alkanes) is 1. The third-order valence-electron chi connectivity index (χ3n) is 7.65. The highest BCUT2D eigenvalue weighted by Gasteiger charge is 2.29. The van der Waals surface area contributed by atoms with Gasteiger partial charge in [0.2, 0.25) is 6.41 Å². The predicted molar refractivity (Wildman–Crippen MR) is 161 cm³/mol. The van der Waals surface area contributed by atoms with Gasteiger partial charge in [0.1, 0.15) is 5.84 Å². The second-order valence-corrected chi connectivity index (χ2v) is 10.8. The zero-order valence-electron chi connectivity index (χ0n) is 23.7. The summed E-state index contributed by atoms with van der Waals surface area (Å²) in [6.45, 7) is 4.71. The lowest BCUT2D eigenvalue weighted by atomic mass is 9.93. The number of carbonyl (C=O) groups excluding carboxylic acids is 1. The van der Waals surface area contributed by atoms with Crippen LogP contribution in [0.1, 0.15) is 69.9 Å². The zero-order valence-corrected chi connectivity index (χ0v) is 23.7. The summed E-state index contributed by atoms with van der Waals surface area (Å²) in [6.07, 6.45) is 8.00. The Labute approximate surface area is 240 Å². The third kappa shape index (κ3) is 7.16. The summed E-state index contributed by atoms with van der Waals surface area (Å²) in [5.74, 6) is 4.48. The molecule has 0 bridgehead atoms. The normalized spacial score (nSPS) is 15.1. The average molecular weight is 561 g/mol.